The first-order valence-electron chi connectivity index (χ1n) is 20.2. The second-order valence-electron chi connectivity index (χ2n) is 14.2. The first-order valence-corrected chi connectivity index (χ1v) is 20.2. The Morgan fingerprint density at radius 3 is 0.930 bits per heavy atom. The number of hydrogen-bond acceptors (Lipinski definition) is 2. The average Bonchev–Trinajstić information content (AvgIpc) is 3.02. The Hall–Kier alpha value is -0.790. The van der Waals surface area contributed by atoms with Crippen molar-refractivity contribution in [3.05, 3.63) is 12.2 Å². The van der Waals surface area contributed by atoms with Crippen molar-refractivity contribution in [2.24, 2.45) is 5.92 Å². The molecule has 0 fully saturated rings. The smallest absolute Gasteiger partial charge is 0.330 e. The van der Waals surface area contributed by atoms with E-state index in [4.69, 9.17) is 4.74 Å². The molecule has 254 valence electrons. The Morgan fingerprint density at radius 1 is 0.442 bits per heavy atom. The van der Waals surface area contributed by atoms with E-state index in [1.807, 2.05) is 6.08 Å². The molecule has 0 aromatic carbocycles. The van der Waals surface area contributed by atoms with E-state index in [1.54, 1.807) is 6.08 Å². The normalized spacial score (nSPS) is 14.9. The third-order valence-electron chi connectivity index (χ3n) is 9.87. The maximum absolute atomic E-state index is 11.0. The molecule has 1 unspecified atom stereocenters. The fourth-order valence-corrected chi connectivity index (χ4v) is 6.82. The zero-order chi connectivity index (χ0) is 30.7. The summed E-state index contributed by atoms with van der Waals surface area (Å²) in [4.78, 5) is 11.0. The van der Waals surface area contributed by atoms with Crippen molar-refractivity contribution >= 4 is 5.97 Å². The third kappa shape index (κ3) is 31.0. The van der Waals surface area contributed by atoms with Crippen LogP contribution in [0, 0.1) is 5.92 Å². The molecule has 0 bridgehead atoms. The Bertz CT molecular complexity index is 582. The molecule has 0 saturated carbocycles. The van der Waals surface area contributed by atoms with Crippen LogP contribution in [0.25, 0.3) is 0 Å². The van der Waals surface area contributed by atoms with Crippen LogP contribution in [-0.2, 0) is 9.53 Å². The van der Waals surface area contributed by atoms with Crippen LogP contribution < -0.4 is 0 Å². The minimum atomic E-state index is -0.174. The van der Waals surface area contributed by atoms with Gasteiger partial charge in [-0.3, -0.25) is 0 Å². The Labute approximate surface area is 271 Å². The summed E-state index contributed by atoms with van der Waals surface area (Å²) in [6.45, 7) is 2.90. The standard InChI is InChI=1S/C41H78O2/c1-2-3-4-5-6-7-8-9-10-11-12-13-14-15-16-17-18-19-20-21-22-23-24-25-26-27-28-29-30-31-32-33-34-35-36-40-37-38-41(42)43-39-40/h37-38,40H,2-36,39H2,1H3. The Balaban J connectivity index is 1.62. The van der Waals surface area contributed by atoms with Crippen molar-refractivity contribution < 1.29 is 9.53 Å². The highest BCUT2D eigenvalue weighted by molar-refractivity contribution is 5.82. The van der Waals surface area contributed by atoms with Gasteiger partial charge < -0.3 is 4.74 Å². The number of ether oxygens (including phenoxy) is 1. The van der Waals surface area contributed by atoms with Gasteiger partial charge in [-0.25, -0.2) is 4.79 Å². The molecule has 1 aliphatic rings. The van der Waals surface area contributed by atoms with Crippen molar-refractivity contribution in [2.45, 2.75) is 232 Å². The number of rotatable bonds is 35. The molecular formula is C41H78O2. The highest BCUT2D eigenvalue weighted by Crippen LogP contribution is 2.19. The summed E-state index contributed by atoms with van der Waals surface area (Å²) in [6.07, 6.45) is 54.2. The minimum Gasteiger partial charge on any atom is -0.462 e. The summed E-state index contributed by atoms with van der Waals surface area (Å²) in [5.41, 5.74) is 0. The lowest BCUT2D eigenvalue weighted by molar-refractivity contribution is -0.139. The second-order valence-corrected chi connectivity index (χ2v) is 14.2. The van der Waals surface area contributed by atoms with Crippen LogP contribution in [-0.4, -0.2) is 12.6 Å². The number of hydrogen-bond donors (Lipinski definition) is 0. The van der Waals surface area contributed by atoms with Crippen molar-refractivity contribution in [3.8, 4) is 0 Å². The van der Waals surface area contributed by atoms with Crippen LogP contribution in [0.3, 0.4) is 0 Å². The molecule has 0 N–H and O–H groups in total. The maximum atomic E-state index is 11.0. The van der Waals surface area contributed by atoms with Gasteiger partial charge in [0.15, 0.2) is 0 Å². The van der Waals surface area contributed by atoms with Gasteiger partial charge >= 0.3 is 5.97 Å². The molecule has 1 heterocycles. The fraction of sp³-hybridized carbons (Fsp3) is 0.927. The lowest BCUT2D eigenvalue weighted by Gasteiger charge is -2.16. The van der Waals surface area contributed by atoms with Crippen molar-refractivity contribution in [2.75, 3.05) is 6.61 Å². The van der Waals surface area contributed by atoms with Gasteiger partial charge in [-0.05, 0) is 6.42 Å². The molecule has 0 aromatic heterocycles. The van der Waals surface area contributed by atoms with Gasteiger partial charge in [0.2, 0.25) is 0 Å². The number of unbranched alkanes of at least 4 members (excludes halogenated alkanes) is 33. The average molecular weight is 603 g/mol. The van der Waals surface area contributed by atoms with E-state index in [1.165, 1.54) is 225 Å². The first-order chi connectivity index (χ1) is 21.3. The van der Waals surface area contributed by atoms with Gasteiger partial charge in [-0.15, -0.1) is 0 Å². The van der Waals surface area contributed by atoms with Gasteiger partial charge in [-0.2, -0.15) is 0 Å². The second kappa shape index (κ2) is 34.1. The van der Waals surface area contributed by atoms with Crippen LogP contribution in [0.1, 0.15) is 232 Å². The van der Waals surface area contributed by atoms with Crippen molar-refractivity contribution in [3.63, 3.8) is 0 Å². The molecule has 1 rings (SSSR count). The van der Waals surface area contributed by atoms with E-state index < -0.39 is 0 Å². The zero-order valence-electron chi connectivity index (χ0n) is 29.5. The molecule has 2 nitrogen and oxygen atoms in total. The van der Waals surface area contributed by atoms with Gasteiger partial charge in [0, 0.05) is 12.0 Å². The molecule has 1 aliphatic heterocycles. The molecule has 0 radical (unpaired) electrons. The molecule has 0 aromatic rings. The van der Waals surface area contributed by atoms with E-state index in [2.05, 4.69) is 6.92 Å². The number of esters is 1. The molecule has 43 heavy (non-hydrogen) atoms. The molecule has 0 amide bonds. The molecule has 0 aliphatic carbocycles. The van der Waals surface area contributed by atoms with Gasteiger partial charge in [0.05, 0.1) is 6.61 Å². The predicted octanol–water partition coefficient (Wildman–Crippen LogP) is 14.4. The Morgan fingerprint density at radius 2 is 0.698 bits per heavy atom. The lowest BCUT2D eigenvalue weighted by atomic mass is 9.99. The summed E-state index contributed by atoms with van der Waals surface area (Å²) >= 11 is 0. The summed E-state index contributed by atoms with van der Waals surface area (Å²) in [5, 5.41) is 0. The van der Waals surface area contributed by atoms with Gasteiger partial charge in [0.25, 0.3) is 0 Å². The predicted molar refractivity (Wildman–Crippen MR) is 191 cm³/mol. The maximum Gasteiger partial charge on any atom is 0.330 e. The van der Waals surface area contributed by atoms with Crippen molar-refractivity contribution in [1.82, 2.24) is 0 Å². The SMILES string of the molecule is CCCCCCCCCCCCCCCCCCCCCCCCCCCCCCCCCCCCC1C=CC(=O)OC1. The molecular weight excluding hydrogens is 524 g/mol. The van der Waals surface area contributed by atoms with E-state index in [0.717, 1.165) is 0 Å². The number of carbonyl (C=O) groups excluding carboxylic acids is 1. The zero-order valence-corrected chi connectivity index (χ0v) is 29.5. The molecule has 2 heteroatoms. The van der Waals surface area contributed by atoms with Crippen molar-refractivity contribution in [1.29, 1.82) is 0 Å². The monoisotopic (exact) mass is 603 g/mol. The summed E-state index contributed by atoms with van der Waals surface area (Å²) in [7, 11) is 0. The molecule has 0 spiro atoms. The summed E-state index contributed by atoms with van der Waals surface area (Å²) < 4.78 is 5.09. The van der Waals surface area contributed by atoms with Crippen LogP contribution in [0.15, 0.2) is 12.2 Å². The van der Waals surface area contributed by atoms with E-state index in [9.17, 15) is 4.79 Å². The highest BCUT2D eigenvalue weighted by Gasteiger charge is 2.12. The van der Waals surface area contributed by atoms with Gasteiger partial charge in [-0.1, -0.05) is 231 Å². The fourth-order valence-electron chi connectivity index (χ4n) is 6.82. The summed E-state index contributed by atoms with van der Waals surface area (Å²) in [6, 6.07) is 0. The first kappa shape index (κ1) is 40.2. The van der Waals surface area contributed by atoms with Crippen LogP contribution in [0.5, 0.6) is 0 Å². The minimum absolute atomic E-state index is 0.174. The molecule has 1 atom stereocenters. The topological polar surface area (TPSA) is 26.3 Å². The van der Waals surface area contributed by atoms with Crippen LogP contribution in [0.4, 0.5) is 0 Å². The summed E-state index contributed by atoms with van der Waals surface area (Å²) in [5.74, 6) is 0.286. The van der Waals surface area contributed by atoms with E-state index >= 15 is 0 Å². The van der Waals surface area contributed by atoms with E-state index in [-0.39, 0.29) is 5.97 Å². The highest BCUT2D eigenvalue weighted by atomic mass is 16.5. The lowest BCUT2D eigenvalue weighted by Crippen LogP contribution is -2.16. The molecule has 0 saturated heterocycles. The number of carbonyl (C=O) groups is 1. The van der Waals surface area contributed by atoms with E-state index in [0.29, 0.717) is 12.5 Å². The third-order valence-corrected chi connectivity index (χ3v) is 9.87. The van der Waals surface area contributed by atoms with Crippen LogP contribution >= 0.6 is 0 Å². The largest absolute Gasteiger partial charge is 0.462 e. The van der Waals surface area contributed by atoms with Crippen LogP contribution in [0.2, 0.25) is 0 Å². The van der Waals surface area contributed by atoms with Gasteiger partial charge in [0.1, 0.15) is 0 Å². The number of cyclic esters (lactones) is 1. The quantitative estimate of drug-likeness (QED) is 0.0533. The Kier molecular flexibility index (Phi) is 31.9.